The van der Waals surface area contributed by atoms with Crippen LogP contribution < -0.4 is 10.2 Å². The number of halogens is 2. The fourth-order valence-electron chi connectivity index (χ4n) is 3.70. The van der Waals surface area contributed by atoms with Crippen LogP contribution in [0.15, 0.2) is 42.7 Å². The molecule has 11 heteroatoms. The highest BCUT2D eigenvalue weighted by molar-refractivity contribution is 7.18. The number of aliphatic hydroxyl groups is 1. The number of rotatable bonds is 8. The van der Waals surface area contributed by atoms with Crippen molar-refractivity contribution in [3.63, 3.8) is 0 Å². The number of piperidine rings is 1. The monoisotopic (exact) mass is 511 g/mol. The molecule has 33 heavy (non-hydrogen) atoms. The number of pyridine rings is 2. The second kappa shape index (κ2) is 12.7. The first kappa shape index (κ1) is 26.8. The van der Waals surface area contributed by atoms with Gasteiger partial charge in [-0.2, -0.15) is 0 Å². The van der Waals surface area contributed by atoms with Gasteiger partial charge in [-0.3, -0.25) is 4.79 Å². The molecule has 0 amide bonds. The van der Waals surface area contributed by atoms with Crippen molar-refractivity contribution >= 4 is 58.9 Å². The lowest BCUT2D eigenvalue weighted by molar-refractivity contribution is -0.138. The Bertz CT molecular complexity index is 1040. The molecule has 1 saturated heterocycles. The van der Waals surface area contributed by atoms with Crippen molar-refractivity contribution in [2.45, 2.75) is 25.7 Å². The predicted molar refractivity (Wildman–Crippen MR) is 135 cm³/mol. The summed E-state index contributed by atoms with van der Waals surface area (Å²) in [6.07, 6.45) is 6.14. The molecular weight excluding hydrogens is 485 g/mol. The van der Waals surface area contributed by atoms with E-state index in [1.165, 1.54) is 0 Å². The summed E-state index contributed by atoms with van der Waals surface area (Å²) in [4.78, 5) is 27.7. The number of nitrogens with one attached hydrogen (secondary N) is 1. The fraction of sp³-hybridized carbons (Fsp3) is 0.364. The Kier molecular flexibility index (Phi) is 10.3. The lowest BCUT2D eigenvalue weighted by Gasteiger charge is -2.30. The fourth-order valence-corrected chi connectivity index (χ4v) is 4.64. The molecule has 0 radical (unpaired) electrons. The third-order valence-corrected chi connectivity index (χ3v) is 6.40. The number of hydrogen-bond donors (Lipinski definition) is 3. The molecule has 0 atom stereocenters. The summed E-state index contributed by atoms with van der Waals surface area (Å²) in [5.74, 6) is 0.910. The minimum Gasteiger partial charge on any atom is -0.481 e. The number of anilines is 3. The molecule has 1 fully saturated rings. The molecule has 3 N–H and O–H groups in total. The van der Waals surface area contributed by atoms with Gasteiger partial charge >= 0.3 is 5.97 Å². The maximum absolute atomic E-state index is 10.9. The third-order valence-electron chi connectivity index (χ3n) is 5.32. The first-order valence-electron chi connectivity index (χ1n) is 10.3. The van der Waals surface area contributed by atoms with E-state index >= 15 is 0 Å². The standard InChI is InChI=1S/C22H25N5O3S.2ClH/c28-11-7-15-4-8-23-20(12-15)26-19-3-1-2-17(25-19)18-14-24-22(31-18)27-9-5-16(6-10-27)13-21(29)30;;/h1-4,8,12,14,16,28H,5-7,9-11,13H2,(H,29,30)(H,23,25,26);2*1H. The van der Waals surface area contributed by atoms with Gasteiger partial charge in [0.25, 0.3) is 0 Å². The Morgan fingerprint density at radius 2 is 1.94 bits per heavy atom. The average Bonchev–Trinajstić information content (AvgIpc) is 3.25. The normalized spacial score (nSPS) is 13.7. The van der Waals surface area contributed by atoms with Gasteiger partial charge in [0.05, 0.1) is 10.6 Å². The van der Waals surface area contributed by atoms with Crippen LogP contribution in [0.5, 0.6) is 0 Å². The van der Waals surface area contributed by atoms with Crippen LogP contribution in [-0.2, 0) is 11.2 Å². The molecule has 8 nitrogen and oxygen atoms in total. The molecule has 0 unspecified atom stereocenters. The molecule has 3 aromatic heterocycles. The summed E-state index contributed by atoms with van der Waals surface area (Å²) in [5.41, 5.74) is 1.84. The Balaban J connectivity index is 0.00000193. The predicted octanol–water partition coefficient (Wildman–Crippen LogP) is 4.41. The van der Waals surface area contributed by atoms with Crippen molar-refractivity contribution in [1.82, 2.24) is 15.0 Å². The molecule has 1 aliphatic heterocycles. The van der Waals surface area contributed by atoms with Gasteiger partial charge in [-0.05, 0) is 55.0 Å². The minimum absolute atomic E-state index is 0. The van der Waals surface area contributed by atoms with Crippen LogP contribution in [0.3, 0.4) is 0 Å². The number of thiazole rings is 1. The van der Waals surface area contributed by atoms with Gasteiger partial charge in [0.15, 0.2) is 5.13 Å². The second-order valence-corrected chi connectivity index (χ2v) is 8.60. The topological polar surface area (TPSA) is 111 Å². The number of carboxylic acids is 1. The van der Waals surface area contributed by atoms with E-state index in [4.69, 9.17) is 15.2 Å². The van der Waals surface area contributed by atoms with Crippen LogP contribution in [0.25, 0.3) is 10.6 Å². The molecule has 4 rings (SSSR count). The largest absolute Gasteiger partial charge is 0.481 e. The maximum atomic E-state index is 10.9. The molecule has 3 aromatic rings. The van der Waals surface area contributed by atoms with Crippen LogP contribution in [0.2, 0.25) is 0 Å². The number of carbonyl (C=O) groups is 1. The summed E-state index contributed by atoms with van der Waals surface area (Å²) in [5, 5.41) is 22.3. The average molecular weight is 512 g/mol. The van der Waals surface area contributed by atoms with E-state index in [9.17, 15) is 4.79 Å². The van der Waals surface area contributed by atoms with E-state index in [0.717, 1.165) is 47.2 Å². The van der Waals surface area contributed by atoms with E-state index in [1.807, 2.05) is 36.5 Å². The minimum atomic E-state index is -0.718. The number of nitrogens with zero attached hydrogens (tertiary/aromatic N) is 4. The zero-order valence-electron chi connectivity index (χ0n) is 17.9. The van der Waals surface area contributed by atoms with Crippen LogP contribution in [0.4, 0.5) is 16.8 Å². The van der Waals surface area contributed by atoms with E-state index in [-0.39, 0.29) is 43.8 Å². The molecule has 0 saturated carbocycles. The van der Waals surface area contributed by atoms with Gasteiger partial charge < -0.3 is 20.4 Å². The van der Waals surface area contributed by atoms with Crippen molar-refractivity contribution in [3.8, 4) is 10.6 Å². The van der Waals surface area contributed by atoms with Gasteiger partial charge in [-0.15, -0.1) is 24.8 Å². The van der Waals surface area contributed by atoms with Gasteiger partial charge in [-0.25, -0.2) is 15.0 Å². The van der Waals surface area contributed by atoms with Crippen molar-refractivity contribution in [2.75, 3.05) is 29.9 Å². The van der Waals surface area contributed by atoms with Crippen LogP contribution >= 0.6 is 36.2 Å². The molecule has 0 aliphatic carbocycles. The Labute approximate surface area is 208 Å². The van der Waals surface area contributed by atoms with E-state index in [0.29, 0.717) is 18.1 Å². The Morgan fingerprint density at radius 1 is 1.15 bits per heavy atom. The van der Waals surface area contributed by atoms with Gasteiger partial charge in [-0.1, -0.05) is 17.4 Å². The molecular formula is C22H27Cl2N5O3S. The van der Waals surface area contributed by atoms with Gasteiger partial charge in [0, 0.05) is 38.5 Å². The van der Waals surface area contributed by atoms with E-state index < -0.39 is 5.97 Å². The lowest BCUT2D eigenvalue weighted by Crippen LogP contribution is -2.34. The summed E-state index contributed by atoms with van der Waals surface area (Å²) in [6.45, 7) is 1.76. The molecule has 0 spiro atoms. The molecule has 178 valence electrons. The summed E-state index contributed by atoms with van der Waals surface area (Å²) < 4.78 is 0. The number of aliphatic carboxylic acids is 1. The zero-order valence-corrected chi connectivity index (χ0v) is 20.3. The Morgan fingerprint density at radius 3 is 2.67 bits per heavy atom. The number of aliphatic hydroxyl groups excluding tert-OH is 1. The number of aromatic nitrogens is 3. The number of carboxylic acid groups (broad SMARTS) is 1. The first-order valence-corrected chi connectivity index (χ1v) is 11.1. The maximum Gasteiger partial charge on any atom is 0.303 e. The van der Waals surface area contributed by atoms with E-state index in [2.05, 4.69) is 20.2 Å². The van der Waals surface area contributed by atoms with Gasteiger partial charge in [0.1, 0.15) is 11.6 Å². The molecule has 0 aromatic carbocycles. The quantitative estimate of drug-likeness (QED) is 0.407. The van der Waals surface area contributed by atoms with Crippen LogP contribution in [-0.4, -0.2) is 50.8 Å². The SMILES string of the molecule is Cl.Cl.O=C(O)CC1CCN(c2ncc(-c3cccc(Nc4cc(CCO)ccn4)n3)s2)CC1. The van der Waals surface area contributed by atoms with Crippen molar-refractivity contribution in [1.29, 1.82) is 0 Å². The summed E-state index contributed by atoms with van der Waals surface area (Å²) >= 11 is 1.60. The highest BCUT2D eigenvalue weighted by Crippen LogP contribution is 2.33. The molecule has 4 heterocycles. The van der Waals surface area contributed by atoms with Crippen LogP contribution in [0, 0.1) is 5.92 Å². The lowest BCUT2D eigenvalue weighted by atomic mass is 9.94. The summed E-state index contributed by atoms with van der Waals surface area (Å²) in [7, 11) is 0. The molecule has 1 aliphatic rings. The highest BCUT2D eigenvalue weighted by Gasteiger charge is 2.23. The van der Waals surface area contributed by atoms with Crippen molar-refractivity contribution < 1.29 is 15.0 Å². The molecule has 0 bridgehead atoms. The zero-order chi connectivity index (χ0) is 21.6. The smallest absolute Gasteiger partial charge is 0.303 e. The van der Waals surface area contributed by atoms with E-state index in [1.54, 1.807) is 17.5 Å². The Hall–Kier alpha value is -2.46. The second-order valence-electron chi connectivity index (χ2n) is 7.59. The summed E-state index contributed by atoms with van der Waals surface area (Å²) in [6, 6.07) is 9.58. The first-order chi connectivity index (χ1) is 15.1. The third kappa shape index (κ3) is 7.26. The van der Waals surface area contributed by atoms with Gasteiger partial charge in [0.2, 0.25) is 0 Å². The van der Waals surface area contributed by atoms with Crippen molar-refractivity contribution in [3.05, 3.63) is 48.3 Å². The number of hydrogen-bond acceptors (Lipinski definition) is 8. The van der Waals surface area contributed by atoms with Crippen molar-refractivity contribution in [2.24, 2.45) is 5.92 Å². The van der Waals surface area contributed by atoms with Crippen LogP contribution in [0.1, 0.15) is 24.8 Å². The highest BCUT2D eigenvalue weighted by atomic mass is 35.5.